The van der Waals surface area contributed by atoms with Crippen LogP contribution in [0.15, 0.2) is 15.8 Å². The largest absolute Gasteiger partial charge is 0.490 e. The molecule has 0 amide bonds. The average molecular weight is 510 g/mol. The van der Waals surface area contributed by atoms with Crippen LogP contribution in [0.2, 0.25) is 0 Å². The van der Waals surface area contributed by atoms with Crippen molar-refractivity contribution < 1.29 is 60.6 Å². The van der Waals surface area contributed by atoms with E-state index < -0.39 is 65.9 Å². The quantitative estimate of drug-likeness (QED) is 0.171. The molecule has 0 aromatic carbocycles. The minimum absolute atomic E-state index is 0.374. The SMILES string of the molecule is C#Cc1cn([C@@H]2O[C@H](COP(=O)(O)OP(=O)(O)OP(=O)(O)O)[C@@H](O)[C@H]2F)c(=O)[nH]c1=O. The van der Waals surface area contributed by atoms with E-state index in [9.17, 15) is 37.7 Å². The highest BCUT2D eigenvalue weighted by Crippen LogP contribution is 2.66. The van der Waals surface area contributed by atoms with Gasteiger partial charge in [-0.3, -0.25) is 18.9 Å². The number of halogens is 1. The number of phosphoric acid groups is 3. The highest BCUT2D eigenvalue weighted by atomic mass is 31.3. The number of aromatic nitrogens is 2. The van der Waals surface area contributed by atoms with Crippen LogP contribution in [-0.4, -0.2) is 59.2 Å². The number of phosphoric ester groups is 1. The summed E-state index contributed by atoms with van der Waals surface area (Å²) in [7, 11) is -16.9. The van der Waals surface area contributed by atoms with Crippen molar-refractivity contribution in [1.29, 1.82) is 0 Å². The van der Waals surface area contributed by atoms with E-state index in [1.807, 2.05) is 5.92 Å². The first-order valence-electron chi connectivity index (χ1n) is 7.63. The first-order chi connectivity index (χ1) is 14.1. The number of aliphatic hydroxyl groups is 1. The van der Waals surface area contributed by atoms with Gasteiger partial charge in [0.2, 0.25) is 0 Å². The maximum absolute atomic E-state index is 14.4. The molecule has 2 unspecified atom stereocenters. The van der Waals surface area contributed by atoms with Gasteiger partial charge in [-0.05, 0) is 0 Å². The molecular weight excluding hydrogens is 496 g/mol. The van der Waals surface area contributed by atoms with Crippen molar-refractivity contribution in [2.24, 2.45) is 0 Å². The van der Waals surface area contributed by atoms with Crippen LogP contribution in [0.1, 0.15) is 11.8 Å². The Labute approximate surface area is 170 Å². The van der Waals surface area contributed by atoms with Gasteiger partial charge < -0.3 is 29.4 Å². The zero-order chi connectivity index (χ0) is 23.8. The number of hydrogen-bond acceptors (Lipinski definition) is 10. The Bertz CT molecular complexity index is 1140. The van der Waals surface area contributed by atoms with E-state index in [0.29, 0.717) is 4.57 Å². The summed E-state index contributed by atoms with van der Waals surface area (Å²) in [6.07, 6.45) is -2.16. The summed E-state index contributed by atoms with van der Waals surface area (Å²) >= 11 is 0. The van der Waals surface area contributed by atoms with Gasteiger partial charge in [-0.15, -0.1) is 6.42 Å². The summed E-state index contributed by atoms with van der Waals surface area (Å²) in [6, 6.07) is 0. The van der Waals surface area contributed by atoms with Crippen LogP contribution in [0.25, 0.3) is 0 Å². The molecule has 0 bridgehead atoms. The minimum atomic E-state index is -5.78. The molecule has 6 N–H and O–H groups in total. The lowest BCUT2D eigenvalue weighted by Gasteiger charge is -2.19. The lowest BCUT2D eigenvalue weighted by atomic mass is 10.1. The van der Waals surface area contributed by atoms with Crippen molar-refractivity contribution in [2.75, 3.05) is 6.61 Å². The minimum Gasteiger partial charge on any atom is -0.387 e. The van der Waals surface area contributed by atoms with Crippen molar-refractivity contribution in [1.82, 2.24) is 9.55 Å². The Kier molecular flexibility index (Phi) is 7.61. The number of aromatic amines is 1. The molecule has 0 saturated carbocycles. The molecule has 1 aromatic heterocycles. The monoisotopic (exact) mass is 510 g/mol. The predicted octanol–water partition coefficient (Wildman–Crippen LogP) is -1.54. The van der Waals surface area contributed by atoms with Crippen molar-refractivity contribution >= 4 is 23.5 Å². The molecule has 20 heteroatoms. The van der Waals surface area contributed by atoms with Gasteiger partial charge in [0.25, 0.3) is 5.56 Å². The summed E-state index contributed by atoms with van der Waals surface area (Å²) in [5, 5.41) is 9.89. The summed E-state index contributed by atoms with van der Waals surface area (Å²) in [4.78, 5) is 60.5. The molecule has 2 rings (SSSR count). The number of nitrogens with zero attached hydrogens (tertiary/aromatic N) is 1. The summed E-state index contributed by atoms with van der Waals surface area (Å²) < 4.78 is 64.7. The zero-order valence-electron chi connectivity index (χ0n) is 14.7. The maximum Gasteiger partial charge on any atom is 0.490 e. The number of terminal acetylenes is 1. The van der Waals surface area contributed by atoms with Gasteiger partial charge in [-0.25, -0.2) is 22.9 Å². The third kappa shape index (κ3) is 6.74. The van der Waals surface area contributed by atoms with E-state index >= 15 is 0 Å². The molecule has 1 saturated heterocycles. The number of H-pyrrole nitrogens is 1. The Morgan fingerprint density at radius 2 is 1.81 bits per heavy atom. The standard InChI is InChI=1S/C11H14FN2O14P3/c1-2-5-3-14(11(17)13-9(5)16)10-7(12)8(15)6(26-10)4-25-30(21,22)28-31(23,24)27-29(18,19)20/h1,3,6-8,10,15H,4H2,(H,21,22)(H,23,24)(H,13,16,17)(H2,18,19,20)/t6-,7-,8-,10-/m1/s1. The van der Waals surface area contributed by atoms with E-state index in [0.717, 1.165) is 6.20 Å². The maximum atomic E-state index is 14.4. The Hall–Kier alpha value is -1.50. The van der Waals surface area contributed by atoms with Gasteiger partial charge in [0.1, 0.15) is 17.8 Å². The van der Waals surface area contributed by atoms with Crippen LogP contribution < -0.4 is 11.2 Å². The number of nitrogens with one attached hydrogen (secondary N) is 1. The molecule has 1 fully saturated rings. The fourth-order valence-electron chi connectivity index (χ4n) is 2.31. The third-order valence-corrected chi connectivity index (χ3v) is 7.31. The van der Waals surface area contributed by atoms with E-state index in [1.54, 1.807) is 4.98 Å². The molecule has 1 aliphatic heterocycles. The van der Waals surface area contributed by atoms with Gasteiger partial charge in [-0.1, -0.05) is 5.92 Å². The molecule has 6 atom stereocenters. The topological polar surface area (TPSA) is 244 Å². The van der Waals surface area contributed by atoms with Crippen LogP contribution in [0.4, 0.5) is 4.39 Å². The zero-order valence-corrected chi connectivity index (χ0v) is 17.4. The second kappa shape index (κ2) is 9.16. The van der Waals surface area contributed by atoms with E-state index in [1.165, 1.54) is 0 Å². The molecule has 31 heavy (non-hydrogen) atoms. The average Bonchev–Trinajstić information content (AvgIpc) is 2.85. The van der Waals surface area contributed by atoms with Crippen LogP contribution >= 0.6 is 23.5 Å². The molecule has 0 radical (unpaired) electrons. The molecule has 0 spiro atoms. The highest BCUT2D eigenvalue weighted by Gasteiger charge is 2.47. The summed E-state index contributed by atoms with van der Waals surface area (Å²) in [5.41, 5.74) is -2.47. The Morgan fingerprint density at radius 1 is 1.19 bits per heavy atom. The van der Waals surface area contributed by atoms with E-state index in [-0.39, 0.29) is 5.56 Å². The van der Waals surface area contributed by atoms with Crippen LogP contribution in [0, 0.1) is 12.3 Å². The van der Waals surface area contributed by atoms with Gasteiger partial charge in [0.05, 0.1) is 6.61 Å². The van der Waals surface area contributed by atoms with Gasteiger partial charge in [0, 0.05) is 6.20 Å². The molecule has 174 valence electrons. The first kappa shape index (κ1) is 25.8. The number of alkyl halides is 1. The third-order valence-electron chi connectivity index (χ3n) is 3.51. The van der Waals surface area contributed by atoms with Gasteiger partial charge >= 0.3 is 29.2 Å². The lowest BCUT2D eigenvalue weighted by molar-refractivity contribution is -0.0482. The van der Waals surface area contributed by atoms with Crippen molar-refractivity contribution in [3.8, 4) is 12.3 Å². The summed E-state index contributed by atoms with van der Waals surface area (Å²) in [6.45, 7) is -1.16. The van der Waals surface area contributed by atoms with Crippen LogP contribution in [0.3, 0.4) is 0 Å². The van der Waals surface area contributed by atoms with Crippen LogP contribution in [-0.2, 0) is 31.6 Å². The fourth-order valence-corrected chi connectivity index (χ4v) is 5.34. The smallest absolute Gasteiger partial charge is 0.387 e. The van der Waals surface area contributed by atoms with Gasteiger partial charge in [0.15, 0.2) is 12.4 Å². The van der Waals surface area contributed by atoms with Crippen molar-refractivity contribution in [2.45, 2.75) is 24.6 Å². The molecular formula is C11H14FN2O14P3. The summed E-state index contributed by atoms with van der Waals surface area (Å²) in [5.74, 6) is 1.93. The van der Waals surface area contributed by atoms with Gasteiger partial charge in [-0.2, -0.15) is 8.62 Å². The number of aliphatic hydroxyl groups excluding tert-OH is 1. The first-order valence-corrected chi connectivity index (χ1v) is 12.2. The van der Waals surface area contributed by atoms with Crippen molar-refractivity contribution in [3.63, 3.8) is 0 Å². The second-order valence-corrected chi connectivity index (χ2v) is 10.2. The van der Waals surface area contributed by atoms with Crippen LogP contribution in [0.5, 0.6) is 0 Å². The number of ether oxygens (including phenoxy) is 1. The number of rotatable bonds is 8. The highest BCUT2D eigenvalue weighted by molar-refractivity contribution is 7.66. The van der Waals surface area contributed by atoms with Crippen molar-refractivity contribution in [3.05, 3.63) is 32.6 Å². The normalized spacial score (nSPS) is 27.9. The molecule has 1 aromatic rings. The number of hydrogen-bond donors (Lipinski definition) is 6. The molecule has 1 aliphatic rings. The predicted molar refractivity (Wildman–Crippen MR) is 93.9 cm³/mol. The Balaban J connectivity index is 2.13. The van der Waals surface area contributed by atoms with E-state index in [4.69, 9.17) is 25.8 Å². The molecule has 0 aliphatic carbocycles. The lowest BCUT2D eigenvalue weighted by Crippen LogP contribution is -2.37. The second-order valence-electron chi connectivity index (χ2n) is 5.74. The molecule has 2 heterocycles. The van der Waals surface area contributed by atoms with E-state index in [2.05, 4.69) is 13.1 Å². The fraction of sp³-hybridized carbons (Fsp3) is 0.455. The molecule has 16 nitrogen and oxygen atoms in total. The Morgan fingerprint density at radius 3 is 2.35 bits per heavy atom.